The molecule has 1 amide bonds. The Balaban J connectivity index is 2.23. The molecular formula is C19H31NO2P+. The molecule has 1 saturated heterocycles. The molecule has 1 aromatic rings. The summed E-state index contributed by atoms with van der Waals surface area (Å²) in [6.07, 6.45) is 7.39. The van der Waals surface area contributed by atoms with E-state index in [0.29, 0.717) is 0 Å². The molecule has 1 fully saturated rings. The van der Waals surface area contributed by atoms with E-state index < -0.39 is 7.26 Å². The summed E-state index contributed by atoms with van der Waals surface area (Å²) < 4.78 is 5.31. The summed E-state index contributed by atoms with van der Waals surface area (Å²) in [5.41, 5.74) is 3.32. The molecule has 0 aromatic heterocycles. The molecule has 128 valence electrons. The van der Waals surface area contributed by atoms with Gasteiger partial charge in [-0.05, 0) is 63.3 Å². The van der Waals surface area contributed by atoms with E-state index in [-0.39, 0.29) is 11.6 Å². The van der Waals surface area contributed by atoms with E-state index in [1.54, 1.807) is 7.11 Å². The normalized spacial score (nSPS) is 17.8. The number of anilines is 1. The summed E-state index contributed by atoms with van der Waals surface area (Å²) in [6, 6.07) is 3.98. The second kappa shape index (κ2) is 7.66. The number of methoxy groups -OCH3 is 1. The zero-order valence-electron chi connectivity index (χ0n) is 15.2. The van der Waals surface area contributed by atoms with Gasteiger partial charge in [0.15, 0.2) is 0 Å². The molecule has 1 aromatic carbocycles. The lowest BCUT2D eigenvalue weighted by molar-refractivity contribution is -0.115. The predicted octanol–water partition coefficient (Wildman–Crippen LogP) is 4.86. The van der Waals surface area contributed by atoms with Crippen molar-refractivity contribution in [3.8, 4) is 5.75 Å². The van der Waals surface area contributed by atoms with Gasteiger partial charge in [0.05, 0.1) is 25.6 Å². The van der Waals surface area contributed by atoms with Gasteiger partial charge in [0.2, 0.25) is 0 Å². The van der Waals surface area contributed by atoms with Gasteiger partial charge >= 0.3 is 0 Å². The lowest BCUT2D eigenvalue weighted by atomic mass is 10.1. The van der Waals surface area contributed by atoms with Gasteiger partial charge in [-0.1, -0.05) is 6.92 Å². The van der Waals surface area contributed by atoms with E-state index in [9.17, 15) is 4.79 Å². The molecule has 2 rings (SSSR count). The maximum absolute atomic E-state index is 13.0. The highest BCUT2D eigenvalue weighted by atomic mass is 31.2. The summed E-state index contributed by atoms with van der Waals surface area (Å²) >= 11 is 0. The van der Waals surface area contributed by atoms with Crippen LogP contribution in [0.4, 0.5) is 5.69 Å². The van der Waals surface area contributed by atoms with Crippen molar-refractivity contribution < 1.29 is 9.53 Å². The third-order valence-corrected chi connectivity index (χ3v) is 11.0. The Kier molecular flexibility index (Phi) is 6.08. The maximum Gasteiger partial charge on any atom is 0.265 e. The Morgan fingerprint density at radius 1 is 1.22 bits per heavy atom. The predicted molar refractivity (Wildman–Crippen MR) is 102 cm³/mol. The van der Waals surface area contributed by atoms with Crippen LogP contribution in [0.3, 0.4) is 0 Å². The maximum atomic E-state index is 13.0. The fraction of sp³-hybridized carbons (Fsp3) is 0.632. The van der Waals surface area contributed by atoms with E-state index in [1.807, 2.05) is 26.0 Å². The van der Waals surface area contributed by atoms with E-state index in [0.717, 1.165) is 29.0 Å². The Bertz CT molecular complexity index is 541. The second-order valence-corrected chi connectivity index (χ2v) is 11.3. The van der Waals surface area contributed by atoms with Crippen LogP contribution < -0.4 is 10.1 Å². The number of benzene rings is 1. The average molecular weight is 336 g/mol. The molecule has 0 spiro atoms. The van der Waals surface area contributed by atoms with Crippen LogP contribution >= 0.6 is 7.26 Å². The van der Waals surface area contributed by atoms with Crippen molar-refractivity contribution in [2.24, 2.45) is 0 Å². The lowest BCUT2D eigenvalue weighted by Gasteiger charge is -2.29. The highest BCUT2D eigenvalue weighted by molar-refractivity contribution is 7.77. The molecule has 0 saturated carbocycles. The first-order valence-electron chi connectivity index (χ1n) is 8.79. The van der Waals surface area contributed by atoms with Crippen molar-refractivity contribution in [3.05, 3.63) is 23.3 Å². The van der Waals surface area contributed by atoms with Crippen molar-refractivity contribution in [2.75, 3.05) is 30.9 Å². The number of hydrogen-bond donors (Lipinski definition) is 1. The summed E-state index contributed by atoms with van der Waals surface area (Å²) in [6.45, 7) is 8.53. The Morgan fingerprint density at radius 2 is 1.78 bits per heavy atom. The largest absolute Gasteiger partial charge is 0.497 e. The third-order valence-electron chi connectivity index (χ3n) is 5.43. The van der Waals surface area contributed by atoms with E-state index in [4.69, 9.17) is 4.74 Å². The minimum absolute atomic E-state index is 0.218. The van der Waals surface area contributed by atoms with Crippen LogP contribution in [0.1, 0.15) is 44.2 Å². The van der Waals surface area contributed by atoms with Gasteiger partial charge in [0.25, 0.3) is 5.91 Å². The molecule has 1 atom stereocenters. The number of amides is 1. The average Bonchev–Trinajstić information content (AvgIpc) is 3.01. The summed E-state index contributed by atoms with van der Waals surface area (Å²) in [5, 5.41) is 3.25. The molecule has 0 aliphatic carbocycles. The summed E-state index contributed by atoms with van der Waals surface area (Å²) in [4.78, 5) is 13.0. The van der Waals surface area contributed by atoms with Gasteiger partial charge in [-0.25, -0.2) is 0 Å². The van der Waals surface area contributed by atoms with Gasteiger partial charge in [-0.3, -0.25) is 4.79 Å². The van der Waals surface area contributed by atoms with Gasteiger partial charge < -0.3 is 10.1 Å². The Morgan fingerprint density at radius 3 is 2.22 bits per heavy atom. The van der Waals surface area contributed by atoms with Crippen molar-refractivity contribution in [1.82, 2.24) is 0 Å². The molecule has 1 unspecified atom stereocenters. The molecular weight excluding hydrogens is 305 g/mol. The molecule has 1 aliphatic heterocycles. The molecule has 1 aliphatic rings. The number of rotatable bonds is 6. The van der Waals surface area contributed by atoms with Crippen LogP contribution in [0.2, 0.25) is 0 Å². The number of carbonyl (C=O) groups is 1. The van der Waals surface area contributed by atoms with E-state index in [2.05, 4.69) is 19.2 Å². The summed E-state index contributed by atoms with van der Waals surface area (Å²) in [7, 11) is 0.562. The van der Waals surface area contributed by atoms with Crippen LogP contribution in [-0.2, 0) is 4.79 Å². The number of carbonyl (C=O) groups excluding carboxylic acids is 1. The topological polar surface area (TPSA) is 38.3 Å². The van der Waals surface area contributed by atoms with Crippen LogP contribution in [0.25, 0.3) is 0 Å². The van der Waals surface area contributed by atoms with E-state index >= 15 is 0 Å². The molecule has 3 nitrogen and oxygen atoms in total. The monoisotopic (exact) mass is 336 g/mol. The number of nitrogens with one attached hydrogen (secondary N) is 1. The molecule has 23 heavy (non-hydrogen) atoms. The smallest absolute Gasteiger partial charge is 0.265 e. The zero-order valence-corrected chi connectivity index (χ0v) is 16.1. The molecule has 1 N–H and O–H groups in total. The molecule has 1 heterocycles. The lowest BCUT2D eigenvalue weighted by Crippen LogP contribution is -2.32. The standard InChI is InChI=1S/C19H30NO2P/c1-6-17(23(7-2)10-8-9-11-23)19(21)20-18-14(3)12-16(22-5)13-15(18)4/h12-13,17H,6-11H2,1-5H3/p+1. The van der Waals surface area contributed by atoms with Crippen LogP contribution in [0.5, 0.6) is 5.75 Å². The minimum Gasteiger partial charge on any atom is -0.497 e. The minimum atomic E-state index is -1.11. The van der Waals surface area contributed by atoms with Crippen LogP contribution in [-0.4, -0.2) is 37.2 Å². The first-order valence-corrected chi connectivity index (χ1v) is 11.2. The van der Waals surface area contributed by atoms with Crippen molar-refractivity contribution >= 4 is 18.9 Å². The number of hydrogen-bond acceptors (Lipinski definition) is 2. The fourth-order valence-corrected chi connectivity index (χ4v) is 9.04. The van der Waals surface area contributed by atoms with Gasteiger partial charge in [-0.2, -0.15) is 0 Å². The summed E-state index contributed by atoms with van der Waals surface area (Å²) in [5.74, 6) is 1.08. The van der Waals surface area contributed by atoms with Crippen LogP contribution in [0, 0.1) is 13.8 Å². The highest BCUT2D eigenvalue weighted by Crippen LogP contribution is 2.68. The number of aryl methyl sites for hydroxylation is 2. The zero-order chi connectivity index (χ0) is 17.0. The molecule has 0 bridgehead atoms. The van der Waals surface area contributed by atoms with E-state index in [1.165, 1.54) is 31.3 Å². The fourth-order valence-electron chi connectivity index (χ4n) is 4.08. The molecule has 0 radical (unpaired) electrons. The van der Waals surface area contributed by atoms with Gasteiger partial charge in [0, 0.05) is 12.9 Å². The first kappa shape index (κ1) is 18.3. The van der Waals surface area contributed by atoms with Crippen molar-refractivity contribution in [2.45, 2.75) is 52.6 Å². The highest BCUT2D eigenvalue weighted by Gasteiger charge is 2.49. The molecule has 4 heteroatoms. The van der Waals surface area contributed by atoms with Gasteiger partial charge in [-0.15, -0.1) is 0 Å². The SMILES string of the molecule is CCC(C(=O)Nc1c(C)cc(OC)cc1C)[P+]1(CC)CCCC1. The third kappa shape index (κ3) is 3.71. The first-order chi connectivity index (χ1) is 11.0. The van der Waals surface area contributed by atoms with Crippen molar-refractivity contribution in [3.63, 3.8) is 0 Å². The number of ether oxygens (including phenoxy) is 1. The second-order valence-electron chi connectivity index (χ2n) is 6.74. The Labute approximate surface area is 141 Å². The Hall–Kier alpha value is -1.08. The quantitative estimate of drug-likeness (QED) is 0.753. The van der Waals surface area contributed by atoms with Crippen LogP contribution in [0.15, 0.2) is 12.1 Å². The van der Waals surface area contributed by atoms with Crippen molar-refractivity contribution in [1.29, 1.82) is 0 Å². The van der Waals surface area contributed by atoms with Gasteiger partial charge in [0.1, 0.15) is 11.4 Å².